The molecule has 0 saturated carbocycles. The Morgan fingerprint density at radius 1 is 1.27 bits per heavy atom. The molecule has 0 radical (unpaired) electrons. The highest BCUT2D eigenvalue weighted by Gasteiger charge is 2.41. The van der Waals surface area contributed by atoms with Crippen molar-refractivity contribution in [2.24, 2.45) is 5.92 Å². The van der Waals surface area contributed by atoms with Crippen molar-refractivity contribution in [3.8, 4) is 0 Å². The van der Waals surface area contributed by atoms with Crippen LogP contribution in [0.1, 0.15) is 32.8 Å². The molecule has 1 N–H and O–H groups in total. The third kappa shape index (κ3) is 4.23. The van der Waals surface area contributed by atoms with E-state index in [1.165, 1.54) is 4.90 Å². The van der Waals surface area contributed by atoms with Crippen molar-refractivity contribution in [1.29, 1.82) is 0 Å². The van der Waals surface area contributed by atoms with Gasteiger partial charge in [-0.15, -0.1) is 0 Å². The number of hydrogen-bond acceptors (Lipinski definition) is 3. The van der Waals surface area contributed by atoms with Gasteiger partial charge in [-0.3, -0.25) is 4.90 Å². The van der Waals surface area contributed by atoms with Gasteiger partial charge < -0.3 is 9.84 Å². The van der Waals surface area contributed by atoms with Crippen LogP contribution in [0.2, 0.25) is 0 Å². The summed E-state index contributed by atoms with van der Waals surface area (Å²) in [7, 11) is 0. The molecule has 1 amide bonds. The Morgan fingerprint density at radius 3 is 2.45 bits per heavy atom. The number of carboxylic acid groups (broad SMARTS) is 1. The highest BCUT2D eigenvalue weighted by atomic mass is 16.6. The predicted octanol–water partition coefficient (Wildman–Crippen LogP) is 2.94. The fourth-order valence-corrected chi connectivity index (χ4v) is 2.77. The van der Waals surface area contributed by atoms with Crippen molar-refractivity contribution in [2.75, 3.05) is 6.54 Å². The second-order valence-corrected chi connectivity index (χ2v) is 6.78. The van der Waals surface area contributed by atoms with Crippen molar-refractivity contribution in [2.45, 2.75) is 45.3 Å². The molecule has 0 aromatic heterocycles. The molecule has 2 rings (SSSR count). The highest BCUT2D eigenvalue weighted by molar-refractivity contribution is 5.81. The molecule has 2 atom stereocenters. The molecule has 1 unspecified atom stereocenters. The summed E-state index contributed by atoms with van der Waals surface area (Å²) in [4.78, 5) is 25.0. The molecule has 5 heteroatoms. The quantitative estimate of drug-likeness (QED) is 0.932. The van der Waals surface area contributed by atoms with Crippen LogP contribution in [0.4, 0.5) is 4.79 Å². The number of ether oxygens (including phenoxy) is 1. The number of hydrogen-bond donors (Lipinski definition) is 1. The summed E-state index contributed by atoms with van der Waals surface area (Å²) in [5.74, 6) is -0.836. The van der Waals surface area contributed by atoms with Crippen LogP contribution in [0.5, 0.6) is 0 Å². The molecule has 1 aromatic rings. The second kappa shape index (κ2) is 6.38. The largest absolute Gasteiger partial charge is 0.480 e. The number of carbonyl (C=O) groups excluding carboxylic acids is 1. The van der Waals surface area contributed by atoms with Gasteiger partial charge >= 0.3 is 12.1 Å². The van der Waals surface area contributed by atoms with Gasteiger partial charge in [0.25, 0.3) is 0 Å². The van der Waals surface area contributed by atoms with Crippen molar-refractivity contribution in [3.63, 3.8) is 0 Å². The average molecular weight is 305 g/mol. The number of nitrogens with zero attached hydrogens (tertiary/aromatic N) is 1. The van der Waals surface area contributed by atoms with Gasteiger partial charge in [-0.25, -0.2) is 9.59 Å². The molecule has 1 saturated heterocycles. The van der Waals surface area contributed by atoms with Crippen LogP contribution in [-0.4, -0.2) is 40.3 Å². The van der Waals surface area contributed by atoms with Crippen LogP contribution >= 0.6 is 0 Å². The van der Waals surface area contributed by atoms with Crippen LogP contribution in [0, 0.1) is 5.92 Å². The lowest BCUT2D eigenvalue weighted by Gasteiger charge is -2.26. The Kier molecular flexibility index (Phi) is 4.74. The summed E-state index contributed by atoms with van der Waals surface area (Å²) in [6, 6.07) is 9.11. The number of rotatable bonds is 3. The number of carboxylic acids is 1. The standard InChI is InChI=1S/C17H23NO4/c1-17(2,3)22-16(21)18-11-13(10-14(18)15(19)20)9-12-7-5-4-6-8-12/h4-8,13-14H,9-11H2,1-3H3,(H,19,20)/t13?,14-/m0/s1. The molecule has 1 heterocycles. The first-order chi connectivity index (χ1) is 10.3. The van der Waals surface area contributed by atoms with Crippen LogP contribution in [-0.2, 0) is 16.0 Å². The lowest BCUT2D eigenvalue weighted by atomic mass is 9.97. The van der Waals surface area contributed by atoms with E-state index in [0.717, 1.165) is 12.0 Å². The summed E-state index contributed by atoms with van der Waals surface area (Å²) in [5, 5.41) is 9.37. The molecular weight excluding hydrogens is 282 g/mol. The first-order valence-electron chi connectivity index (χ1n) is 7.52. The van der Waals surface area contributed by atoms with Gasteiger partial charge in [0.15, 0.2) is 0 Å². The van der Waals surface area contributed by atoms with Crippen LogP contribution in [0.15, 0.2) is 30.3 Å². The van der Waals surface area contributed by atoms with E-state index in [1.807, 2.05) is 30.3 Å². The zero-order valence-corrected chi connectivity index (χ0v) is 13.3. The average Bonchev–Trinajstić information content (AvgIpc) is 2.82. The zero-order valence-electron chi connectivity index (χ0n) is 13.3. The molecule has 1 aromatic carbocycles. The zero-order chi connectivity index (χ0) is 16.3. The summed E-state index contributed by atoms with van der Waals surface area (Å²) >= 11 is 0. The molecule has 0 aliphatic carbocycles. The molecule has 1 aliphatic rings. The van der Waals surface area contributed by atoms with E-state index in [2.05, 4.69) is 0 Å². The first-order valence-corrected chi connectivity index (χ1v) is 7.52. The van der Waals surface area contributed by atoms with Gasteiger partial charge in [0.05, 0.1) is 0 Å². The summed E-state index contributed by atoms with van der Waals surface area (Å²) in [6.07, 6.45) is 0.684. The minimum atomic E-state index is -0.971. The van der Waals surface area contributed by atoms with Crippen LogP contribution in [0.25, 0.3) is 0 Å². The lowest BCUT2D eigenvalue weighted by molar-refractivity contribution is -0.142. The summed E-state index contributed by atoms with van der Waals surface area (Å²) in [6.45, 7) is 5.75. The van der Waals surface area contributed by atoms with E-state index in [4.69, 9.17) is 4.74 Å². The van der Waals surface area contributed by atoms with Crippen molar-refractivity contribution in [3.05, 3.63) is 35.9 Å². The Labute approximate surface area is 130 Å². The van der Waals surface area contributed by atoms with E-state index in [9.17, 15) is 14.7 Å². The van der Waals surface area contributed by atoms with Crippen LogP contribution < -0.4 is 0 Å². The van der Waals surface area contributed by atoms with Crippen LogP contribution in [0.3, 0.4) is 0 Å². The van der Waals surface area contributed by atoms with Crippen molar-refractivity contribution in [1.82, 2.24) is 4.90 Å². The lowest BCUT2D eigenvalue weighted by Crippen LogP contribution is -2.43. The monoisotopic (exact) mass is 305 g/mol. The summed E-state index contributed by atoms with van der Waals surface area (Å²) in [5.41, 5.74) is 0.528. The maximum Gasteiger partial charge on any atom is 0.411 e. The van der Waals surface area contributed by atoms with Gasteiger partial charge in [0, 0.05) is 6.54 Å². The third-order valence-corrected chi connectivity index (χ3v) is 3.67. The molecule has 5 nitrogen and oxygen atoms in total. The fraction of sp³-hybridized carbons (Fsp3) is 0.529. The fourth-order valence-electron chi connectivity index (χ4n) is 2.77. The smallest absolute Gasteiger partial charge is 0.411 e. The van der Waals surface area contributed by atoms with Crippen molar-refractivity contribution < 1.29 is 19.4 Å². The Morgan fingerprint density at radius 2 is 1.91 bits per heavy atom. The molecule has 120 valence electrons. The van der Waals surface area contributed by atoms with Gasteiger partial charge in [-0.1, -0.05) is 30.3 Å². The normalized spacial score (nSPS) is 21.7. The third-order valence-electron chi connectivity index (χ3n) is 3.67. The van der Waals surface area contributed by atoms with Gasteiger partial charge in [0.1, 0.15) is 11.6 Å². The van der Waals surface area contributed by atoms with E-state index < -0.39 is 23.7 Å². The number of aliphatic carboxylic acids is 1. The molecule has 0 bridgehead atoms. The van der Waals surface area contributed by atoms with Gasteiger partial charge in [-0.05, 0) is 45.1 Å². The Bertz CT molecular complexity index is 535. The molecule has 22 heavy (non-hydrogen) atoms. The topological polar surface area (TPSA) is 66.8 Å². The maximum atomic E-state index is 12.2. The number of likely N-dealkylation sites (tertiary alicyclic amines) is 1. The minimum Gasteiger partial charge on any atom is -0.480 e. The van der Waals surface area contributed by atoms with Crippen molar-refractivity contribution >= 4 is 12.1 Å². The second-order valence-electron chi connectivity index (χ2n) is 6.78. The van der Waals surface area contributed by atoms with E-state index in [0.29, 0.717) is 13.0 Å². The molecule has 1 fully saturated rings. The number of benzene rings is 1. The molecule has 0 spiro atoms. The molecule has 1 aliphatic heterocycles. The number of carbonyl (C=O) groups is 2. The number of amides is 1. The van der Waals surface area contributed by atoms with E-state index in [-0.39, 0.29) is 5.92 Å². The van der Waals surface area contributed by atoms with Gasteiger partial charge in [0.2, 0.25) is 0 Å². The van der Waals surface area contributed by atoms with E-state index >= 15 is 0 Å². The highest BCUT2D eigenvalue weighted by Crippen LogP contribution is 2.28. The SMILES string of the molecule is CC(C)(C)OC(=O)N1CC(Cc2ccccc2)C[C@H]1C(=O)O. The van der Waals surface area contributed by atoms with E-state index in [1.54, 1.807) is 20.8 Å². The predicted molar refractivity (Wildman–Crippen MR) is 82.6 cm³/mol. The maximum absolute atomic E-state index is 12.2. The van der Waals surface area contributed by atoms with Gasteiger partial charge in [-0.2, -0.15) is 0 Å². The Balaban J connectivity index is 2.06. The Hall–Kier alpha value is -2.04. The minimum absolute atomic E-state index is 0.135. The summed E-state index contributed by atoms with van der Waals surface area (Å²) < 4.78 is 5.32. The first kappa shape index (κ1) is 16.3. The molecular formula is C17H23NO4.